The molecule has 1 aliphatic carbocycles. The van der Waals surface area contributed by atoms with E-state index in [4.69, 9.17) is 5.73 Å². The first-order chi connectivity index (χ1) is 15.1. The Morgan fingerprint density at radius 3 is 2.65 bits per heavy atom. The van der Waals surface area contributed by atoms with Gasteiger partial charge >= 0.3 is 0 Å². The Labute approximate surface area is 179 Å². The number of aromatic hydroxyl groups is 1. The van der Waals surface area contributed by atoms with E-state index in [2.05, 4.69) is 25.3 Å². The van der Waals surface area contributed by atoms with Gasteiger partial charge in [0.25, 0.3) is 0 Å². The fraction of sp³-hybridized carbons (Fsp3) is 0.364. The first kappa shape index (κ1) is 19.5. The first-order valence-corrected chi connectivity index (χ1v) is 10.4. The minimum absolute atomic E-state index is 0.146. The molecule has 2 fully saturated rings. The fourth-order valence-corrected chi connectivity index (χ4v) is 4.70. The second kappa shape index (κ2) is 7.66. The summed E-state index contributed by atoms with van der Waals surface area (Å²) in [7, 11) is 2.02. The van der Waals surface area contributed by atoms with E-state index in [1.807, 2.05) is 36.2 Å². The summed E-state index contributed by atoms with van der Waals surface area (Å²) in [6.45, 7) is 1.99. The molecular weight excluding hydrogens is 394 g/mol. The number of anilines is 1. The van der Waals surface area contributed by atoms with Crippen molar-refractivity contribution in [1.82, 2.24) is 25.3 Å². The molecule has 1 aromatic carbocycles. The number of nitrogens with two attached hydrogens (primary N) is 1. The van der Waals surface area contributed by atoms with Crippen LogP contribution >= 0.6 is 0 Å². The lowest BCUT2D eigenvalue weighted by molar-refractivity contribution is -0.130. The third-order valence-corrected chi connectivity index (χ3v) is 6.42. The summed E-state index contributed by atoms with van der Waals surface area (Å²) in [6, 6.07) is 9.64. The van der Waals surface area contributed by atoms with Crippen LogP contribution in [0.5, 0.6) is 5.75 Å². The van der Waals surface area contributed by atoms with E-state index in [0.717, 1.165) is 30.0 Å². The minimum Gasteiger partial charge on any atom is -0.507 e. The number of nitrogens with zero attached hydrogens (tertiary/aromatic N) is 5. The molecular formula is C22H25N7O2. The van der Waals surface area contributed by atoms with Crippen molar-refractivity contribution >= 4 is 11.7 Å². The number of likely N-dealkylation sites (tertiary alicyclic amines) is 1. The number of amides is 1. The zero-order valence-electron chi connectivity index (χ0n) is 17.3. The van der Waals surface area contributed by atoms with E-state index in [0.29, 0.717) is 42.1 Å². The van der Waals surface area contributed by atoms with Gasteiger partial charge in [0.05, 0.1) is 11.9 Å². The van der Waals surface area contributed by atoms with Crippen LogP contribution in [0.3, 0.4) is 0 Å². The molecule has 0 radical (unpaired) electrons. The lowest BCUT2D eigenvalue weighted by Crippen LogP contribution is -2.37. The molecule has 1 saturated carbocycles. The van der Waals surface area contributed by atoms with Gasteiger partial charge in [-0.15, -0.1) is 10.2 Å². The molecule has 9 heteroatoms. The van der Waals surface area contributed by atoms with E-state index in [-0.39, 0.29) is 11.7 Å². The number of benzene rings is 1. The smallest absolute Gasteiger partial charge is 0.223 e. The van der Waals surface area contributed by atoms with Crippen molar-refractivity contribution in [2.24, 2.45) is 17.6 Å². The van der Waals surface area contributed by atoms with Crippen molar-refractivity contribution in [2.75, 3.05) is 31.6 Å². The molecule has 1 aliphatic heterocycles. The Bertz CT molecular complexity index is 1070. The number of fused-ring (bicyclic) bond motifs is 1. The highest BCUT2D eigenvalue weighted by Gasteiger charge is 2.58. The van der Waals surface area contributed by atoms with Gasteiger partial charge in [-0.1, -0.05) is 6.07 Å². The number of carbonyl (C=O) groups is 1. The molecule has 1 amide bonds. The van der Waals surface area contributed by atoms with Gasteiger partial charge < -0.3 is 20.6 Å². The number of aromatic nitrogens is 4. The molecule has 2 unspecified atom stereocenters. The van der Waals surface area contributed by atoms with Gasteiger partial charge in [0, 0.05) is 68.3 Å². The predicted octanol–water partition coefficient (Wildman–Crippen LogP) is 1.48. The largest absolute Gasteiger partial charge is 0.507 e. The van der Waals surface area contributed by atoms with Crippen LogP contribution in [-0.4, -0.2) is 69.0 Å². The number of hydrogen-bond acceptors (Lipinski definition) is 7. The summed E-state index contributed by atoms with van der Waals surface area (Å²) in [6.07, 6.45) is 3.90. The van der Waals surface area contributed by atoms with Crippen LogP contribution in [-0.2, 0) is 4.79 Å². The molecule has 0 spiro atoms. The monoisotopic (exact) mass is 419 g/mol. The highest BCUT2D eigenvalue weighted by Crippen LogP contribution is 2.49. The first-order valence-electron chi connectivity index (χ1n) is 10.4. The second-order valence-corrected chi connectivity index (χ2v) is 8.26. The average molecular weight is 419 g/mol. The second-order valence-electron chi connectivity index (χ2n) is 8.26. The van der Waals surface area contributed by atoms with Crippen LogP contribution in [0.4, 0.5) is 5.82 Å². The van der Waals surface area contributed by atoms with Gasteiger partial charge in [0.15, 0.2) is 5.82 Å². The van der Waals surface area contributed by atoms with Crippen LogP contribution in [0.2, 0.25) is 0 Å². The minimum atomic E-state index is 0.146. The molecule has 2 atom stereocenters. The molecule has 4 N–H and O–H groups in total. The fourth-order valence-electron chi connectivity index (χ4n) is 4.70. The van der Waals surface area contributed by atoms with Gasteiger partial charge in [0.1, 0.15) is 5.75 Å². The number of aromatic amines is 1. The highest BCUT2D eigenvalue weighted by atomic mass is 16.3. The van der Waals surface area contributed by atoms with E-state index in [9.17, 15) is 9.90 Å². The van der Waals surface area contributed by atoms with Crippen molar-refractivity contribution in [3.63, 3.8) is 0 Å². The van der Waals surface area contributed by atoms with E-state index >= 15 is 0 Å². The SMILES string of the molecule is CN(c1ccc(-c2ccc(-c3cn[nH]c3)cc2O)nn1)C1C2CN(C(=O)CCN)CC21. The number of H-pyrrole nitrogens is 1. The summed E-state index contributed by atoms with van der Waals surface area (Å²) in [5, 5.41) is 25.9. The summed E-state index contributed by atoms with van der Waals surface area (Å²) in [5.74, 6) is 2.05. The van der Waals surface area contributed by atoms with Gasteiger partial charge in [-0.2, -0.15) is 5.10 Å². The maximum Gasteiger partial charge on any atom is 0.223 e. The molecule has 3 aromatic rings. The van der Waals surface area contributed by atoms with Crippen LogP contribution in [0.25, 0.3) is 22.4 Å². The number of carbonyl (C=O) groups excluding carboxylic acids is 1. The average Bonchev–Trinajstić information content (AvgIpc) is 3.17. The van der Waals surface area contributed by atoms with Crippen LogP contribution in [0.15, 0.2) is 42.7 Å². The van der Waals surface area contributed by atoms with Gasteiger partial charge in [-0.25, -0.2) is 0 Å². The third-order valence-electron chi connectivity index (χ3n) is 6.42. The quantitative estimate of drug-likeness (QED) is 0.553. The van der Waals surface area contributed by atoms with Crippen molar-refractivity contribution in [3.05, 3.63) is 42.7 Å². The van der Waals surface area contributed by atoms with Crippen molar-refractivity contribution < 1.29 is 9.90 Å². The highest BCUT2D eigenvalue weighted by molar-refractivity contribution is 5.77. The van der Waals surface area contributed by atoms with Gasteiger partial charge in [-0.3, -0.25) is 9.89 Å². The molecule has 5 rings (SSSR count). The lowest BCUT2D eigenvalue weighted by Gasteiger charge is -2.25. The number of hydrogen-bond donors (Lipinski definition) is 3. The molecule has 2 aromatic heterocycles. The Balaban J connectivity index is 1.26. The van der Waals surface area contributed by atoms with Crippen LogP contribution < -0.4 is 10.6 Å². The van der Waals surface area contributed by atoms with Crippen LogP contribution in [0, 0.1) is 11.8 Å². The number of phenolic OH excluding ortho intramolecular Hbond substituents is 1. The normalized spacial score (nSPS) is 21.7. The van der Waals surface area contributed by atoms with Crippen LogP contribution in [0.1, 0.15) is 6.42 Å². The zero-order chi connectivity index (χ0) is 21.5. The van der Waals surface area contributed by atoms with Gasteiger partial charge in [-0.05, 0) is 29.8 Å². The van der Waals surface area contributed by atoms with E-state index in [1.54, 1.807) is 18.5 Å². The van der Waals surface area contributed by atoms with Crippen molar-refractivity contribution in [1.29, 1.82) is 0 Å². The number of piperidine rings is 1. The molecule has 1 saturated heterocycles. The maximum atomic E-state index is 12.0. The lowest BCUT2D eigenvalue weighted by atomic mass is 10.0. The standard InChI is InChI=1S/C22H25N7O2/c1-28(22-16-11-29(12-17(16)22)21(31)6-7-23)20-5-4-18(26-27-20)15-3-2-13(8-19(15)30)14-9-24-25-10-14/h2-5,8-10,16-17,22,30H,6-7,11-12,23H2,1H3,(H,24,25). The molecule has 0 bridgehead atoms. The number of rotatable bonds is 6. The zero-order valence-corrected chi connectivity index (χ0v) is 17.3. The van der Waals surface area contributed by atoms with Crippen molar-refractivity contribution in [2.45, 2.75) is 12.5 Å². The summed E-state index contributed by atoms with van der Waals surface area (Å²) >= 11 is 0. The summed E-state index contributed by atoms with van der Waals surface area (Å²) in [5.41, 5.74) is 8.52. The Kier molecular flexibility index (Phi) is 4.82. The van der Waals surface area contributed by atoms with Crippen molar-refractivity contribution in [3.8, 4) is 28.1 Å². The van der Waals surface area contributed by atoms with E-state index < -0.39 is 0 Å². The molecule has 3 heterocycles. The molecule has 2 aliphatic rings. The molecule has 160 valence electrons. The Morgan fingerprint density at radius 2 is 2.03 bits per heavy atom. The summed E-state index contributed by atoms with van der Waals surface area (Å²) in [4.78, 5) is 16.1. The number of nitrogens with one attached hydrogen (secondary N) is 1. The molecule has 9 nitrogen and oxygen atoms in total. The topological polar surface area (TPSA) is 124 Å². The maximum absolute atomic E-state index is 12.0. The Morgan fingerprint density at radius 1 is 1.23 bits per heavy atom. The predicted molar refractivity (Wildman–Crippen MR) is 116 cm³/mol. The van der Waals surface area contributed by atoms with E-state index in [1.165, 1.54) is 0 Å². The summed E-state index contributed by atoms with van der Waals surface area (Å²) < 4.78 is 0. The third kappa shape index (κ3) is 3.50. The van der Waals surface area contributed by atoms with Gasteiger partial charge in [0.2, 0.25) is 5.91 Å². The number of phenols is 1. The Hall–Kier alpha value is -3.46. The molecule has 31 heavy (non-hydrogen) atoms.